The van der Waals surface area contributed by atoms with Gasteiger partial charge in [-0.2, -0.15) is 0 Å². The minimum absolute atomic E-state index is 0. The van der Waals surface area contributed by atoms with Crippen molar-refractivity contribution in [2.75, 3.05) is 6.54 Å². The van der Waals surface area contributed by atoms with E-state index >= 15 is 0 Å². The van der Waals surface area contributed by atoms with E-state index in [9.17, 15) is 13.2 Å². The summed E-state index contributed by atoms with van der Waals surface area (Å²) < 4.78 is 38.4. The first-order valence-corrected chi connectivity index (χ1v) is 4.48. The van der Waals surface area contributed by atoms with Crippen LogP contribution in [-0.4, -0.2) is 12.7 Å². The van der Waals surface area contributed by atoms with E-state index in [0.717, 1.165) is 6.07 Å². The van der Waals surface area contributed by atoms with Crippen molar-refractivity contribution in [1.29, 1.82) is 0 Å². The number of hydrogen-bond donors (Lipinski definition) is 1. The van der Waals surface area contributed by atoms with Gasteiger partial charge in [-0.05, 0) is 24.1 Å². The van der Waals surface area contributed by atoms with Gasteiger partial charge in [-0.15, -0.1) is 12.4 Å². The van der Waals surface area contributed by atoms with Crippen LogP contribution in [0, 0.1) is 11.6 Å². The van der Waals surface area contributed by atoms with Crippen molar-refractivity contribution >= 4 is 12.4 Å². The van der Waals surface area contributed by atoms with Gasteiger partial charge in [-0.1, -0.05) is 0 Å². The summed E-state index contributed by atoms with van der Waals surface area (Å²) in [7, 11) is 0. The topological polar surface area (TPSA) is 12.0 Å². The van der Waals surface area contributed by atoms with Crippen molar-refractivity contribution in [3.63, 3.8) is 0 Å². The predicted octanol–water partition coefficient (Wildman–Crippen LogP) is 2.76. The summed E-state index contributed by atoms with van der Waals surface area (Å²) in [6, 6.07) is 3.01. The Morgan fingerprint density at radius 3 is 2.20 bits per heavy atom. The Morgan fingerprint density at radius 1 is 1.13 bits per heavy atom. The molecular weight excluding hydrogens is 227 g/mol. The Hall–Kier alpha value is -0.740. The molecule has 1 aliphatic heterocycles. The van der Waals surface area contributed by atoms with Crippen LogP contribution in [0.15, 0.2) is 18.2 Å². The van der Waals surface area contributed by atoms with E-state index in [0.29, 0.717) is 5.56 Å². The van der Waals surface area contributed by atoms with Gasteiger partial charge in [0.05, 0.1) is 0 Å². The highest BCUT2D eigenvalue weighted by molar-refractivity contribution is 5.85. The van der Waals surface area contributed by atoms with Gasteiger partial charge in [-0.3, -0.25) is 0 Å². The number of hydrogen-bond acceptors (Lipinski definition) is 1. The number of benzene rings is 1. The summed E-state index contributed by atoms with van der Waals surface area (Å²) in [5, 5.41) is 2.87. The van der Waals surface area contributed by atoms with E-state index in [1.54, 1.807) is 0 Å². The summed E-state index contributed by atoms with van der Waals surface area (Å²) in [5.41, 5.74) is 0.475. The SMILES string of the molecule is Cl.Fc1cc(F)cc([C@H]2C[C@H](F)CN2)c1. The van der Waals surface area contributed by atoms with Gasteiger partial charge in [0.2, 0.25) is 0 Å². The maximum Gasteiger partial charge on any atom is 0.126 e. The first kappa shape index (κ1) is 12.3. The Balaban J connectivity index is 0.00000112. The molecule has 2 rings (SSSR count). The summed E-state index contributed by atoms with van der Waals surface area (Å²) >= 11 is 0. The Bertz CT molecular complexity index is 325. The zero-order chi connectivity index (χ0) is 10.1. The van der Waals surface area contributed by atoms with Crippen molar-refractivity contribution in [1.82, 2.24) is 5.32 Å². The lowest BCUT2D eigenvalue weighted by Crippen LogP contribution is -2.14. The highest BCUT2D eigenvalue weighted by Gasteiger charge is 2.25. The zero-order valence-electron chi connectivity index (χ0n) is 7.84. The Morgan fingerprint density at radius 2 is 1.73 bits per heavy atom. The molecule has 0 saturated carbocycles. The van der Waals surface area contributed by atoms with Crippen LogP contribution in [0.2, 0.25) is 0 Å². The van der Waals surface area contributed by atoms with Crippen LogP contribution in [0.25, 0.3) is 0 Å². The second-order valence-corrected chi connectivity index (χ2v) is 3.50. The van der Waals surface area contributed by atoms with Gasteiger partial charge in [-0.25, -0.2) is 13.2 Å². The number of rotatable bonds is 1. The molecule has 1 aromatic rings. The Kier molecular flexibility index (Phi) is 3.99. The monoisotopic (exact) mass is 237 g/mol. The van der Waals surface area contributed by atoms with Gasteiger partial charge in [0.25, 0.3) is 0 Å². The predicted molar refractivity (Wildman–Crippen MR) is 53.9 cm³/mol. The third-order valence-corrected chi connectivity index (χ3v) is 2.36. The van der Waals surface area contributed by atoms with Gasteiger partial charge < -0.3 is 5.32 Å². The average molecular weight is 238 g/mol. The van der Waals surface area contributed by atoms with Crippen LogP contribution in [0.3, 0.4) is 0 Å². The number of nitrogens with one attached hydrogen (secondary N) is 1. The van der Waals surface area contributed by atoms with E-state index in [4.69, 9.17) is 0 Å². The molecule has 15 heavy (non-hydrogen) atoms. The largest absolute Gasteiger partial charge is 0.307 e. The van der Waals surface area contributed by atoms with Crippen LogP contribution in [0.5, 0.6) is 0 Å². The summed E-state index contributed by atoms with van der Waals surface area (Å²) in [5.74, 6) is -1.24. The molecule has 1 N–H and O–H groups in total. The Labute approximate surface area is 92.1 Å². The molecule has 1 aliphatic rings. The molecular formula is C10H11ClF3N. The van der Waals surface area contributed by atoms with E-state index in [2.05, 4.69) is 5.32 Å². The average Bonchev–Trinajstić information content (AvgIpc) is 2.50. The van der Waals surface area contributed by atoms with E-state index in [1.165, 1.54) is 12.1 Å². The molecule has 1 fully saturated rings. The highest BCUT2D eigenvalue weighted by Crippen LogP contribution is 2.25. The van der Waals surface area contributed by atoms with Gasteiger partial charge in [0.1, 0.15) is 17.8 Å². The molecule has 0 bridgehead atoms. The highest BCUT2D eigenvalue weighted by atomic mass is 35.5. The maximum atomic E-state index is 12.8. The first-order valence-electron chi connectivity index (χ1n) is 4.48. The van der Waals surface area contributed by atoms with Crippen LogP contribution >= 0.6 is 12.4 Å². The molecule has 2 atom stereocenters. The minimum Gasteiger partial charge on any atom is -0.307 e. The summed E-state index contributed by atoms with van der Waals surface area (Å²) in [6.07, 6.45) is -0.644. The van der Waals surface area contributed by atoms with Gasteiger partial charge >= 0.3 is 0 Å². The van der Waals surface area contributed by atoms with E-state index in [1.807, 2.05) is 0 Å². The van der Waals surface area contributed by atoms with Crippen LogP contribution in [0.1, 0.15) is 18.0 Å². The quantitative estimate of drug-likeness (QED) is 0.792. The molecule has 0 radical (unpaired) electrons. The maximum absolute atomic E-state index is 12.8. The van der Waals surface area contributed by atoms with Crippen molar-refractivity contribution in [3.05, 3.63) is 35.4 Å². The molecule has 1 saturated heterocycles. The number of halogens is 4. The third kappa shape index (κ3) is 2.86. The van der Waals surface area contributed by atoms with Crippen LogP contribution in [-0.2, 0) is 0 Å². The van der Waals surface area contributed by atoms with Crippen molar-refractivity contribution in [2.24, 2.45) is 0 Å². The third-order valence-electron chi connectivity index (χ3n) is 2.36. The van der Waals surface area contributed by atoms with Crippen molar-refractivity contribution < 1.29 is 13.2 Å². The van der Waals surface area contributed by atoms with Gasteiger partial charge in [0.15, 0.2) is 0 Å². The molecule has 84 valence electrons. The second kappa shape index (κ2) is 4.86. The lowest BCUT2D eigenvalue weighted by atomic mass is 10.0. The van der Waals surface area contributed by atoms with Crippen LogP contribution in [0.4, 0.5) is 13.2 Å². The molecule has 1 nitrogen and oxygen atoms in total. The molecule has 0 unspecified atom stereocenters. The van der Waals surface area contributed by atoms with Gasteiger partial charge in [0, 0.05) is 18.7 Å². The van der Waals surface area contributed by atoms with E-state index < -0.39 is 17.8 Å². The lowest BCUT2D eigenvalue weighted by molar-refractivity contribution is 0.355. The minimum atomic E-state index is -0.925. The molecule has 0 spiro atoms. The van der Waals surface area contributed by atoms with Crippen molar-refractivity contribution in [3.8, 4) is 0 Å². The first-order chi connectivity index (χ1) is 6.65. The fourth-order valence-electron chi connectivity index (χ4n) is 1.72. The van der Waals surface area contributed by atoms with E-state index in [-0.39, 0.29) is 31.4 Å². The molecule has 5 heteroatoms. The normalized spacial score (nSPS) is 25.0. The number of alkyl halides is 1. The van der Waals surface area contributed by atoms with Crippen LogP contribution < -0.4 is 5.32 Å². The fraction of sp³-hybridized carbons (Fsp3) is 0.400. The second-order valence-electron chi connectivity index (χ2n) is 3.50. The molecule has 0 aromatic heterocycles. The molecule has 1 heterocycles. The molecule has 0 amide bonds. The lowest BCUT2D eigenvalue weighted by Gasteiger charge is -2.10. The standard InChI is InChI=1S/C10H10F3N.ClH/c11-7-1-6(2-8(12)3-7)10-4-9(13)5-14-10;/h1-3,9-10,14H,4-5H2;1H/t9-,10+;/m0./s1. The van der Waals surface area contributed by atoms with Crippen molar-refractivity contribution in [2.45, 2.75) is 18.6 Å². The summed E-state index contributed by atoms with van der Waals surface area (Å²) in [4.78, 5) is 0. The summed E-state index contributed by atoms with van der Waals surface area (Å²) in [6.45, 7) is 0.253. The molecule has 1 aromatic carbocycles. The molecule has 0 aliphatic carbocycles. The fourth-order valence-corrected chi connectivity index (χ4v) is 1.72. The zero-order valence-corrected chi connectivity index (χ0v) is 8.66. The smallest absolute Gasteiger partial charge is 0.126 e.